The van der Waals surface area contributed by atoms with Gasteiger partial charge in [-0.25, -0.2) is 9.78 Å². The van der Waals surface area contributed by atoms with Gasteiger partial charge in [0.1, 0.15) is 29.8 Å². The molecule has 7 rings (SSSR count). The second-order valence-electron chi connectivity index (χ2n) is 11.6. The maximum atomic E-state index is 13.5. The normalized spacial score (nSPS) is 14.0. The average molecular weight is 615 g/mol. The lowest BCUT2D eigenvalue weighted by Gasteiger charge is -2.30. The Balaban J connectivity index is 1.16. The lowest BCUT2D eigenvalue weighted by atomic mass is 10.1. The van der Waals surface area contributed by atoms with Crippen molar-refractivity contribution in [2.24, 2.45) is 0 Å². The first kappa shape index (κ1) is 29.1. The molecule has 1 atom stereocenters. The summed E-state index contributed by atoms with van der Waals surface area (Å²) >= 11 is 0. The highest BCUT2D eigenvalue weighted by molar-refractivity contribution is 6.02. The molecule has 46 heavy (non-hydrogen) atoms. The number of H-pyrrole nitrogens is 1. The van der Waals surface area contributed by atoms with E-state index in [9.17, 15) is 14.7 Å². The van der Waals surface area contributed by atoms with Crippen LogP contribution in [0.15, 0.2) is 97.3 Å². The van der Waals surface area contributed by atoms with E-state index in [-0.39, 0.29) is 12.0 Å². The van der Waals surface area contributed by atoms with Gasteiger partial charge in [-0.1, -0.05) is 60.7 Å². The molecule has 232 valence electrons. The van der Waals surface area contributed by atoms with Gasteiger partial charge in [0.15, 0.2) is 5.65 Å². The van der Waals surface area contributed by atoms with E-state index >= 15 is 0 Å². The summed E-state index contributed by atoms with van der Waals surface area (Å²) in [6, 6.07) is 26.4. The Hall–Kier alpha value is -5.64. The van der Waals surface area contributed by atoms with Crippen molar-refractivity contribution in [3.8, 4) is 16.9 Å². The Morgan fingerprint density at radius 3 is 2.46 bits per heavy atom. The number of carboxylic acids is 1. The molecule has 10 nitrogen and oxygen atoms in total. The number of carbonyl (C=O) groups excluding carboxylic acids is 1. The number of hydrogen-bond acceptors (Lipinski definition) is 6. The van der Waals surface area contributed by atoms with Gasteiger partial charge >= 0.3 is 5.97 Å². The fourth-order valence-electron chi connectivity index (χ4n) is 6.06. The molecule has 6 aromatic rings. The minimum atomic E-state index is -1.14. The molecule has 3 N–H and O–H groups in total. The maximum absolute atomic E-state index is 13.5. The summed E-state index contributed by atoms with van der Waals surface area (Å²) in [7, 11) is 0. The predicted molar refractivity (Wildman–Crippen MR) is 176 cm³/mol. The molecule has 3 aromatic carbocycles. The van der Waals surface area contributed by atoms with Gasteiger partial charge in [0.25, 0.3) is 5.91 Å². The van der Waals surface area contributed by atoms with Crippen LogP contribution in [0.5, 0.6) is 5.75 Å². The smallest absolute Gasteiger partial charge is 0.326 e. The summed E-state index contributed by atoms with van der Waals surface area (Å²) in [5.74, 6) is -0.0404. The summed E-state index contributed by atoms with van der Waals surface area (Å²) in [6.07, 6.45) is 6.62. The Morgan fingerprint density at radius 2 is 1.70 bits per heavy atom. The van der Waals surface area contributed by atoms with Gasteiger partial charge in [0.2, 0.25) is 0 Å². The van der Waals surface area contributed by atoms with Crippen molar-refractivity contribution < 1.29 is 19.4 Å². The van der Waals surface area contributed by atoms with E-state index in [0.717, 1.165) is 77.2 Å². The Morgan fingerprint density at radius 1 is 0.935 bits per heavy atom. The van der Waals surface area contributed by atoms with Crippen LogP contribution in [-0.4, -0.2) is 55.7 Å². The van der Waals surface area contributed by atoms with Crippen LogP contribution in [0, 0.1) is 0 Å². The number of hydrogen-bond donors (Lipinski definition) is 3. The molecule has 0 spiro atoms. The lowest BCUT2D eigenvalue weighted by molar-refractivity contribution is -0.139. The third-order valence-corrected chi connectivity index (χ3v) is 8.43. The first-order valence-corrected chi connectivity index (χ1v) is 15.5. The monoisotopic (exact) mass is 614 g/mol. The van der Waals surface area contributed by atoms with Gasteiger partial charge in [-0.15, -0.1) is 0 Å². The number of carboxylic acid groups (broad SMARTS) is 1. The molecule has 1 fully saturated rings. The Kier molecular flexibility index (Phi) is 8.07. The molecule has 0 radical (unpaired) electrons. The molecule has 10 heteroatoms. The molecule has 4 heterocycles. The molecule has 1 amide bonds. The molecule has 0 bridgehead atoms. The summed E-state index contributed by atoms with van der Waals surface area (Å²) in [5.41, 5.74) is 5.17. The third-order valence-electron chi connectivity index (χ3n) is 8.43. The number of fused-ring (bicyclic) bond motifs is 2. The third kappa shape index (κ3) is 6.01. The number of aromatic amines is 1. The number of nitrogens with one attached hydrogen (secondary N) is 2. The zero-order valence-electron chi connectivity index (χ0n) is 25.2. The minimum Gasteiger partial charge on any atom is -0.489 e. The SMILES string of the molecule is O=C(N[C@@H](Cc1cc2ccccc2[nH]1)C(=O)O)c1cnn2c(N3CCCCC3)c(-c3ccc(OCc4ccccc4)cc3)cnc12. The molecule has 1 saturated heterocycles. The fourth-order valence-corrected chi connectivity index (χ4v) is 6.06. The van der Waals surface area contributed by atoms with Crippen molar-refractivity contribution >= 4 is 34.2 Å². The van der Waals surface area contributed by atoms with Gasteiger partial charge in [0.05, 0.1) is 6.20 Å². The van der Waals surface area contributed by atoms with Gasteiger partial charge in [-0.3, -0.25) is 4.79 Å². The number of aromatic nitrogens is 4. The van der Waals surface area contributed by atoms with E-state index in [1.807, 2.05) is 84.9 Å². The highest BCUT2D eigenvalue weighted by Gasteiger charge is 2.27. The van der Waals surface area contributed by atoms with E-state index in [0.29, 0.717) is 12.3 Å². The standard InChI is InChI=1S/C36H34N6O4/c43-34(40-32(36(44)45)20-27-19-26-11-5-6-12-31(26)39-27)30-22-38-42-33(30)37-21-29(35(42)41-17-7-2-8-18-41)25-13-15-28(16-14-25)46-23-24-9-3-1-4-10-24/h1,3-6,9-16,19,21-22,32,39H,2,7-8,17-18,20,23H2,(H,40,43)(H,44,45)/t32-/m0/s1. The number of rotatable bonds is 10. The zero-order chi connectivity index (χ0) is 31.5. The highest BCUT2D eigenvalue weighted by atomic mass is 16.5. The number of nitrogens with zero attached hydrogens (tertiary/aromatic N) is 4. The molecular weight excluding hydrogens is 580 g/mol. The second kappa shape index (κ2) is 12.8. The molecule has 0 saturated carbocycles. The van der Waals surface area contributed by atoms with Gasteiger partial charge < -0.3 is 25.0 Å². The average Bonchev–Trinajstić information content (AvgIpc) is 3.72. The number of para-hydroxylation sites is 1. The summed E-state index contributed by atoms with van der Waals surface area (Å²) < 4.78 is 7.71. The van der Waals surface area contributed by atoms with Gasteiger partial charge in [0, 0.05) is 42.5 Å². The number of piperidine rings is 1. The van der Waals surface area contributed by atoms with E-state index in [4.69, 9.17) is 4.74 Å². The summed E-state index contributed by atoms with van der Waals surface area (Å²) in [6.45, 7) is 2.20. The van der Waals surface area contributed by atoms with Crippen molar-refractivity contribution in [1.82, 2.24) is 24.9 Å². The van der Waals surface area contributed by atoms with Crippen LogP contribution in [0.2, 0.25) is 0 Å². The molecule has 0 aliphatic carbocycles. The van der Waals surface area contributed by atoms with Crippen LogP contribution in [-0.2, 0) is 17.8 Å². The maximum Gasteiger partial charge on any atom is 0.326 e. The van der Waals surface area contributed by atoms with Crippen LogP contribution >= 0.6 is 0 Å². The molecule has 1 aliphatic rings. The van der Waals surface area contributed by atoms with Crippen molar-refractivity contribution in [2.45, 2.75) is 38.3 Å². The van der Waals surface area contributed by atoms with Crippen LogP contribution in [0.1, 0.15) is 40.9 Å². The fraction of sp³-hybridized carbons (Fsp3) is 0.222. The van der Waals surface area contributed by atoms with Gasteiger partial charge in [-0.2, -0.15) is 9.61 Å². The molecule has 3 aromatic heterocycles. The number of ether oxygens (including phenoxy) is 1. The molecule has 0 unspecified atom stereocenters. The molecule has 1 aliphatic heterocycles. The number of carbonyl (C=O) groups is 2. The van der Waals surface area contributed by atoms with Crippen molar-refractivity contribution in [1.29, 1.82) is 0 Å². The first-order valence-electron chi connectivity index (χ1n) is 15.5. The number of anilines is 1. The van der Waals surface area contributed by atoms with Crippen LogP contribution in [0.4, 0.5) is 5.82 Å². The van der Waals surface area contributed by atoms with E-state index < -0.39 is 17.9 Å². The predicted octanol–water partition coefficient (Wildman–Crippen LogP) is 5.87. The minimum absolute atomic E-state index is 0.108. The lowest BCUT2D eigenvalue weighted by Crippen LogP contribution is -2.42. The second-order valence-corrected chi connectivity index (χ2v) is 11.6. The zero-order valence-corrected chi connectivity index (χ0v) is 25.2. The van der Waals surface area contributed by atoms with Gasteiger partial charge in [-0.05, 0) is 60.0 Å². The van der Waals surface area contributed by atoms with Crippen molar-refractivity contribution in [3.05, 3.63) is 114 Å². The Labute approximate surface area is 265 Å². The van der Waals surface area contributed by atoms with E-state index in [2.05, 4.69) is 25.3 Å². The highest BCUT2D eigenvalue weighted by Crippen LogP contribution is 2.34. The number of aliphatic carboxylic acids is 1. The number of benzene rings is 3. The summed E-state index contributed by atoms with van der Waals surface area (Å²) in [5, 5.41) is 18.3. The van der Waals surface area contributed by atoms with Crippen molar-refractivity contribution in [2.75, 3.05) is 18.0 Å². The van der Waals surface area contributed by atoms with Crippen molar-refractivity contribution in [3.63, 3.8) is 0 Å². The topological polar surface area (TPSA) is 125 Å². The molecular formula is C36H34N6O4. The number of amides is 1. The van der Waals surface area contributed by atoms with Crippen LogP contribution < -0.4 is 15.0 Å². The van der Waals surface area contributed by atoms with E-state index in [1.54, 1.807) is 10.7 Å². The first-order chi connectivity index (χ1) is 22.5. The Bertz CT molecular complexity index is 1960. The van der Waals surface area contributed by atoms with E-state index in [1.165, 1.54) is 6.20 Å². The summed E-state index contributed by atoms with van der Waals surface area (Å²) in [4.78, 5) is 36.0. The largest absolute Gasteiger partial charge is 0.489 e. The van der Waals surface area contributed by atoms with Crippen LogP contribution in [0.3, 0.4) is 0 Å². The van der Waals surface area contributed by atoms with Crippen LogP contribution in [0.25, 0.3) is 27.7 Å². The quantitative estimate of drug-likeness (QED) is 0.176.